The van der Waals surface area contributed by atoms with E-state index in [4.69, 9.17) is 16.3 Å². The fourth-order valence-corrected chi connectivity index (χ4v) is 3.17. The van der Waals surface area contributed by atoms with E-state index in [1.165, 1.54) is 0 Å². The SMILES string of the molecule is CC[N+]1(CC)C[C@@H](C)O[C@](O)(c2ccc(Cl)cc2)C1. The van der Waals surface area contributed by atoms with Crippen molar-refractivity contribution < 1.29 is 14.3 Å². The summed E-state index contributed by atoms with van der Waals surface area (Å²) in [7, 11) is 0. The number of hydrogen-bond donors (Lipinski definition) is 1. The van der Waals surface area contributed by atoms with Gasteiger partial charge in [0.05, 0.1) is 13.1 Å². The number of quaternary nitrogens is 1. The van der Waals surface area contributed by atoms with Crippen molar-refractivity contribution in [3.8, 4) is 0 Å². The molecule has 0 radical (unpaired) electrons. The third kappa shape index (κ3) is 2.95. The van der Waals surface area contributed by atoms with Crippen molar-refractivity contribution in [2.45, 2.75) is 32.7 Å². The average Bonchev–Trinajstić information content (AvgIpc) is 2.38. The number of benzene rings is 1. The van der Waals surface area contributed by atoms with E-state index < -0.39 is 5.79 Å². The van der Waals surface area contributed by atoms with Crippen LogP contribution in [0.4, 0.5) is 0 Å². The van der Waals surface area contributed by atoms with Gasteiger partial charge in [-0.15, -0.1) is 0 Å². The molecule has 0 amide bonds. The predicted molar refractivity (Wildman–Crippen MR) is 77.0 cm³/mol. The first kappa shape index (κ1) is 14.8. The van der Waals surface area contributed by atoms with Crippen molar-refractivity contribution in [2.75, 3.05) is 26.2 Å². The van der Waals surface area contributed by atoms with Crippen LogP contribution in [-0.2, 0) is 10.5 Å². The monoisotopic (exact) mass is 284 g/mol. The average molecular weight is 285 g/mol. The highest BCUT2D eigenvalue weighted by Crippen LogP contribution is 2.34. The van der Waals surface area contributed by atoms with Crippen LogP contribution in [0.15, 0.2) is 24.3 Å². The Balaban J connectivity index is 2.33. The molecule has 0 bridgehead atoms. The lowest BCUT2D eigenvalue weighted by Gasteiger charge is -2.49. The van der Waals surface area contributed by atoms with Crippen LogP contribution in [0.25, 0.3) is 0 Å². The highest BCUT2D eigenvalue weighted by molar-refractivity contribution is 6.30. The lowest BCUT2D eigenvalue weighted by Crippen LogP contribution is -2.64. The quantitative estimate of drug-likeness (QED) is 0.865. The van der Waals surface area contributed by atoms with Gasteiger partial charge in [-0.3, -0.25) is 0 Å². The van der Waals surface area contributed by atoms with Crippen molar-refractivity contribution in [3.63, 3.8) is 0 Å². The summed E-state index contributed by atoms with van der Waals surface area (Å²) in [5, 5.41) is 11.6. The normalized spacial score (nSPS) is 30.3. The Bertz CT molecular complexity index is 430. The van der Waals surface area contributed by atoms with E-state index in [1.807, 2.05) is 19.1 Å². The first-order valence-corrected chi connectivity index (χ1v) is 7.32. The van der Waals surface area contributed by atoms with Gasteiger partial charge in [-0.05, 0) is 32.9 Å². The molecule has 1 aromatic carbocycles. The molecule has 1 saturated heterocycles. The second kappa shape index (κ2) is 5.41. The van der Waals surface area contributed by atoms with E-state index in [0.717, 1.165) is 29.7 Å². The molecule has 1 fully saturated rings. The van der Waals surface area contributed by atoms with Crippen LogP contribution >= 0.6 is 11.6 Å². The lowest BCUT2D eigenvalue weighted by atomic mass is 10.0. The standard InChI is InChI=1S/C15H23ClNO2/c1-4-17(5-2)10-12(3)19-15(18,11-17)13-6-8-14(16)9-7-13/h6-9,12,18H,4-5,10-11H2,1-3H3/q+1/t12-,15+/m1/s1. The largest absolute Gasteiger partial charge is 0.357 e. The molecule has 1 aliphatic heterocycles. The van der Waals surface area contributed by atoms with Gasteiger partial charge in [0.25, 0.3) is 0 Å². The van der Waals surface area contributed by atoms with Gasteiger partial charge in [0.2, 0.25) is 5.79 Å². The fourth-order valence-electron chi connectivity index (χ4n) is 3.05. The molecule has 1 N–H and O–H groups in total. The Morgan fingerprint density at radius 1 is 1.32 bits per heavy atom. The Morgan fingerprint density at radius 2 is 1.89 bits per heavy atom. The van der Waals surface area contributed by atoms with E-state index in [-0.39, 0.29) is 6.10 Å². The van der Waals surface area contributed by atoms with Gasteiger partial charge < -0.3 is 14.3 Å². The van der Waals surface area contributed by atoms with Crippen LogP contribution in [0.3, 0.4) is 0 Å². The highest BCUT2D eigenvalue weighted by Gasteiger charge is 2.47. The van der Waals surface area contributed by atoms with Crippen LogP contribution in [0.1, 0.15) is 26.3 Å². The molecule has 4 heteroatoms. The van der Waals surface area contributed by atoms with Crippen molar-refractivity contribution in [1.29, 1.82) is 0 Å². The summed E-state index contributed by atoms with van der Waals surface area (Å²) in [6, 6.07) is 7.29. The summed E-state index contributed by atoms with van der Waals surface area (Å²) in [5.74, 6) is -1.21. The first-order chi connectivity index (χ1) is 8.93. The van der Waals surface area contributed by atoms with Gasteiger partial charge >= 0.3 is 0 Å². The Morgan fingerprint density at radius 3 is 2.42 bits per heavy atom. The van der Waals surface area contributed by atoms with Crippen LogP contribution in [0.2, 0.25) is 5.02 Å². The maximum Gasteiger partial charge on any atom is 0.244 e. The number of halogens is 1. The van der Waals surface area contributed by atoms with E-state index in [0.29, 0.717) is 11.6 Å². The van der Waals surface area contributed by atoms with Crippen molar-refractivity contribution in [1.82, 2.24) is 0 Å². The predicted octanol–water partition coefficient (Wildman–Crippen LogP) is 2.76. The second-order valence-corrected chi connectivity index (χ2v) is 5.97. The minimum absolute atomic E-state index is 0.0364. The molecule has 2 atom stereocenters. The summed E-state index contributed by atoms with van der Waals surface area (Å²) in [6.07, 6.45) is 0.0364. The first-order valence-electron chi connectivity index (χ1n) is 6.94. The molecule has 19 heavy (non-hydrogen) atoms. The van der Waals surface area contributed by atoms with Gasteiger partial charge in [-0.1, -0.05) is 23.7 Å². The molecule has 0 unspecified atom stereocenters. The molecule has 1 aliphatic rings. The number of morpholine rings is 1. The highest BCUT2D eigenvalue weighted by atomic mass is 35.5. The van der Waals surface area contributed by atoms with Crippen LogP contribution < -0.4 is 0 Å². The van der Waals surface area contributed by atoms with Crippen LogP contribution in [0.5, 0.6) is 0 Å². The zero-order valence-electron chi connectivity index (χ0n) is 11.9. The lowest BCUT2D eigenvalue weighted by molar-refractivity contribution is -0.948. The van der Waals surface area contributed by atoms with Gasteiger partial charge in [0, 0.05) is 10.6 Å². The maximum absolute atomic E-state index is 10.9. The Hall–Kier alpha value is -0.610. The van der Waals surface area contributed by atoms with E-state index in [1.54, 1.807) is 12.1 Å². The van der Waals surface area contributed by atoms with Gasteiger partial charge in [-0.25, -0.2) is 0 Å². The molecule has 1 heterocycles. The fraction of sp³-hybridized carbons (Fsp3) is 0.600. The number of ether oxygens (including phenoxy) is 1. The van der Waals surface area contributed by atoms with Gasteiger partial charge in [0.15, 0.2) is 0 Å². The van der Waals surface area contributed by atoms with E-state index in [9.17, 15) is 5.11 Å². The molecular weight excluding hydrogens is 262 g/mol. The zero-order valence-corrected chi connectivity index (χ0v) is 12.7. The molecule has 2 rings (SSSR count). The molecule has 1 aromatic rings. The third-order valence-electron chi connectivity index (χ3n) is 4.23. The van der Waals surface area contributed by atoms with Crippen molar-refractivity contribution >= 4 is 11.6 Å². The Kier molecular flexibility index (Phi) is 4.21. The van der Waals surface area contributed by atoms with Crippen molar-refractivity contribution in [3.05, 3.63) is 34.9 Å². The number of hydrogen-bond acceptors (Lipinski definition) is 2. The summed E-state index contributed by atoms with van der Waals surface area (Å²) in [6.45, 7) is 9.90. The molecule has 106 valence electrons. The number of likely N-dealkylation sites (N-methyl/N-ethyl adjacent to an activating group) is 1. The number of aliphatic hydroxyl groups is 1. The summed E-state index contributed by atoms with van der Waals surface area (Å²) in [5.41, 5.74) is 0.785. The van der Waals surface area contributed by atoms with Crippen LogP contribution in [0, 0.1) is 0 Å². The molecule has 0 aliphatic carbocycles. The van der Waals surface area contributed by atoms with Crippen molar-refractivity contribution in [2.24, 2.45) is 0 Å². The van der Waals surface area contributed by atoms with Gasteiger partial charge in [0.1, 0.15) is 19.2 Å². The molecule has 0 aromatic heterocycles. The summed E-state index contributed by atoms with van der Waals surface area (Å²) >= 11 is 5.91. The van der Waals surface area contributed by atoms with E-state index in [2.05, 4.69) is 13.8 Å². The molecule has 3 nitrogen and oxygen atoms in total. The number of nitrogens with zero attached hydrogens (tertiary/aromatic N) is 1. The minimum Gasteiger partial charge on any atom is -0.357 e. The second-order valence-electron chi connectivity index (χ2n) is 5.53. The van der Waals surface area contributed by atoms with Gasteiger partial charge in [-0.2, -0.15) is 0 Å². The topological polar surface area (TPSA) is 29.5 Å². The summed E-state index contributed by atoms with van der Waals surface area (Å²) in [4.78, 5) is 0. The molecule has 0 spiro atoms. The maximum atomic E-state index is 10.9. The van der Waals surface area contributed by atoms with Crippen LogP contribution in [-0.4, -0.2) is 41.9 Å². The molecular formula is C15H23ClNO2+. The van der Waals surface area contributed by atoms with E-state index >= 15 is 0 Å². The zero-order chi connectivity index (χ0) is 14.1. The summed E-state index contributed by atoms with van der Waals surface area (Å²) < 4.78 is 6.73. The minimum atomic E-state index is -1.21. The molecule has 0 saturated carbocycles. The third-order valence-corrected chi connectivity index (χ3v) is 4.48. The Labute approximate surface area is 120 Å². The smallest absolute Gasteiger partial charge is 0.244 e. The number of rotatable bonds is 3.